The van der Waals surface area contributed by atoms with Gasteiger partial charge in [-0.3, -0.25) is 4.79 Å². The molecule has 1 aliphatic carbocycles. The summed E-state index contributed by atoms with van der Waals surface area (Å²) in [6.07, 6.45) is 6.10. The van der Waals surface area contributed by atoms with Crippen molar-refractivity contribution < 1.29 is 27.9 Å². The molecule has 10 nitrogen and oxygen atoms in total. The van der Waals surface area contributed by atoms with Crippen LogP contribution in [0, 0.1) is 0 Å². The molecular weight excluding hydrogens is 556 g/mol. The Morgan fingerprint density at radius 3 is 2.48 bits per heavy atom. The van der Waals surface area contributed by atoms with Crippen molar-refractivity contribution in [2.24, 2.45) is 0 Å². The third-order valence-corrected chi connectivity index (χ3v) is 11.3. The number of nitrogens with one attached hydrogen (secondary N) is 2. The molecule has 1 spiro atoms. The van der Waals surface area contributed by atoms with Crippen LogP contribution in [-0.4, -0.2) is 84.6 Å². The highest BCUT2D eigenvalue weighted by Crippen LogP contribution is 2.37. The summed E-state index contributed by atoms with van der Waals surface area (Å²) in [5.74, 6) is -0.190. The molecule has 2 atom stereocenters. The van der Waals surface area contributed by atoms with Crippen LogP contribution in [0.15, 0.2) is 53.4 Å². The minimum atomic E-state index is -4.15. The first kappa shape index (κ1) is 28.9. The maximum absolute atomic E-state index is 13.9. The summed E-state index contributed by atoms with van der Waals surface area (Å²) < 4.78 is 35.2. The molecule has 42 heavy (non-hydrogen) atoms. The Morgan fingerprint density at radius 2 is 1.74 bits per heavy atom. The Labute approximate surface area is 247 Å². The Morgan fingerprint density at radius 1 is 1.00 bits per heavy atom. The van der Waals surface area contributed by atoms with Crippen molar-refractivity contribution in [3.8, 4) is 16.9 Å². The Balaban J connectivity index is 1.26. The van der Waals surface area contributed by atoms with Crippen molar-refractivity contribution >= 4 is 22.0 Å². The fourth-order valence-electron chi connectivity index (χ4n) is 6.85. The number of ether oxygens (including phenoxy) is 1. The zero-order chi connectivity index (χ0) is 29.3. The Kier molecular flexibility index (Phi) is 8.17. The zero-order valence-electron chi connectivity index (χ0n) is 23.8. The summed E-state index contributed by atoms with van der Waals surface area (Å²) in [7, 11) is -4.15. The monoisotopic (exact) mass is 596 g/mol. The van der Waals surface area contributed by atoms with Crippen molar-refractivity contribution in [3.05, 3.63) is 48.5 Å². The number of likely N-dealkylation sites (tertiary alicyclic amines) is 1. The first-order valence-corrected chi connectivity index (χ1v) is 16.6. The van der Waals surface area contributed by atoms with Crippen molar-refractivity contribution in [1.82, 2.24) is 19.8 Å². The third-order valence-electron chi connectivity index (χ3n) is 9.34. The highest BCUT2D eigenvalue weighted by Gasteiger charge is 2.47. The number of aliphatic hydroxyl groups excluding tert-OH is 1. The molecule has 3 aliphatic heterocycles. The summed E-state index contributed by atoms with van der Waals surface area (Å²) >= 11 is 0. The van der Waals surface area contributed by atoms with E-state index in [4.69, 9.17) is 4.74 Å². The number of carbonyl (C=O) groups is 2. The van der Waals surface area contributed by atoms with Crippen molar-refractivity contribution in [2.75, 3.05) is 26.2 Å². The minimum Gasteiger partial charge on any atom is -0.492 e. The van der Waals surface area contributed by atoms with Crippen LogP contribution in [0.5, 0.6) is 5.75 Å². The number of fused-ring (bicyclic) bond motifs is 2. The molecule has 2 aromatic carbocycles. The number of hydrogen-bond acceptors (Lipinski definition) is 6. The van der Waals surface area contributed by atoms with Crippen LogP contribution in [-0.2, 0) is 14.8 Å². The number of urea groups is 1. The van der Waals surface area contributed by atoms with Gasteiger partial charge in [-0.1, -0.05) is 55.7 Å². The van der Waals surface area contributed by atoms with Gasteiger partial charge in [-0.15, -0.1) is 0 Å². The molecule has 0 unspecified atom stereocenters. The molecule has 0 radical (unpaired) electrons. The lowest BCUT2D eigenvalue weighted by Gasteiger charge is -2.43. The predicted molar refractivity (Wildman–Crippen MR) is 157 cm³/mol. The van der Waals surface area contributed by atoms with Crippen molar-refractivity contribution in [3.63, 3.8) is 0 Å². The van der Waals surface area contributed by atoms with E-state index in [9.17, 15) is 23.1 Å². The number of amides is 3. The average Bonchev–Trinajstić information content (AvgIpc) is 3.40. The maximum atomic E-state index is 13.9. The molecule has 226 valence electrons. The first-order chi connectivity index (χ1) is 20.2. The number of hydrogen-bond donors (Lipinski definition) is 3. The SMILES string of the molecule is O=C1NC2(CCOc3cc(-c4ccccc4)ccc3S(=O)(=O)N3C[C@H](O)C[C@@H]13)CCN(C(=O)NC1CCCCC1)CC2. The van der Waals surface area contributed by atoms with E-state index in [0.717, 1.165) is 41.1 Å². The number of rotatable bonds is 2. The minimum absolute atomic E-state index is 0.0146. The summed E-state index contributed by atoms with van der Waals surface area (Å²) in [5, 5.41) is 16.8. The average molecular weight is 597 g/mol. The first-order valence-electron chi connectivity index (χ1n) is 15.1. The van der Waals surface area contributed by atoms with Crippen molar-refractivity contribution in [2.45, 2.75) is 86.4 Å². The molecule has 11 heteroatoms. The van der Waals surface area contributed by atoms with E-state index >= 15 is 0 Å². The number of carbonyl (C=O) groups excluding carboxylic acids is 2. The molecule has 3 fully saturated rings. The van der Waals surface area contributed by atoms with Crippen LogP contribution in [0.4, 0.5) is 4.79 Å². The number of nitrogens with zero attached hydrogens (tertiary/aromatic N) is 2. The van der Waals surface area contributed by atoms with E-state index in [1.165, 1.54) is 12.5 Å². The van der Waals surface area contributed by atoms with Crippen LogP contribution in [0.1, 0.15) is 57.8 Å². The van der Waals surface area contributed by atoms with Gasteiger partial charge in [0.05, 0.1) is 12.7 Å². The predicted octanol–water partition coefficient (Wildman–Crippen LogP) is 3.25. The van der Waals surface area contributed by atoms with Gasteiger partial charge in [-0.05, 0) is 48.9 Å². The second-order valence-electron chi connectivity index (χ2n) is 12.1. The maximum Gasteiger partial charge on any atom is 0.317 e. The molecule has 3 N–H and O–H groups in total. The van der Waals surface area contributed by atoms with Crippen LogP contribution >= 0.6 is 0 Å². The summed E-state index contributed by atoms with van der Waals surface area (Å²) in [6, 6.07) is 13.8. The summed E-state index contributed by atoms with van der Waals surface area (Å²) in [5.41, 5.74) is 1.08. The quantitative estimate of drug-likeness (QED) is 0.489. The molecule has 0 bridgehead atoms. The van der Waals surface area contributed by atoms with E-state index in [2.05, 4.69) is 10.6 Å². The highest BCUT2D eigenvalue weighted by molar-refractivity contribution is 7.89. The van der Waals surface area contributed by atoms with Gasteiger partial charge in [0.1, 0.15) is 16.7 Å². The second-order valence-corrected chi connectivity index (χ2v) is 14.0. The van der Waals surface area contributed by atoms with E-state index in [-0.39, 0.29) is 42.3 Å². The van der Waals surface area contributed by atoms with E-state index in [0.29, 0.717) is 32.4 Å². The van der Waals surface area contributed by atoms with Crippen molar-refractivity contribution in [1.29, 1.82) is 0 Å². The van der Waals surface area contributed by atoms with E-state index in [1.54, 1.807) is 12.1 Å². The molecule has 2 saturated heterocycles. The van der Waals surface area contributed by atoms with Gasteiger partial charge >= 0.3 is 6.03 Å². The number of aliphatic hydroxyl groups is 1. The molecular formula is C31H40N4O6S. The van der Waals surface area contributed by atoms with Gasteiger partial charge in [0, 0.05) is 44.1 Å². The third kappa shape index (κ3) is 5.87. The topological polar surface area (TPSA) is 128 Å². The molecule has 1 saturated carbocycles. The molecule has 2 aromatic rings. The lowest BCUT2D eigenvalue weighted by molar-refractivity contribution is -0.127. The fourth-order valence-corrected chi connectivity index (χ4v) is 8.60. The Hall–Kier alpha value is -3.15. The van der Waals surface area contributed by atoms with Crippen LogP contribution in [0.25, 0.3) is 11.1 Å². The molecule has 3 heterocycles. The largest absolute Gasteiger partial charge is 0.492 e. The standard InChI is InChI=1S/C31H40N4O6S/c36-25-20-26-29(37)33-31(13-16-34(17-14-31)30(38)32-24-9-5-2-6-10-24)15-18-41-27-19-23(22-7-3-1-4-8-22)11-12-28(27)42(39,40)35(26)21-25/h1,3-4,7-8,11-12,19,24-26,36H,2,5-6,9-10,13-18,20-21H2,(H,32,38)(H,33,37)/t25-,26+/m1/s1. The van der Waals surface area contributed by atoms with Gasteiger partial charge in [-0.2, -0.15) is 4.31 Å². The van der Waals surface area contributed by atoms with Gasteiger partial charge < -0.3 is 25.4 Å². The van der Waals surface area contributed by atoms with Gasteiger partial charge in [0.15, 0.2) is 0 Å². The molecule has 3 amide bonds. The highest BCUT2D eigenvalue weighted by atomic mass is 32.2. The second kappa shape index (κ2) is 11.9. The van der Waals surface area contributed by atoms with Crippen LogP contribution < -0.4 is 15.4 Å². The smallest absolute Gasteiger partial charge is 0.317 e. The molecule has 6 rings (SSSR count). The molecule has 4 aliphatic rings. The molecule has 0 aromatic heterocycles. The van der Waals surface area contributed by atoms with Crippen LogP contribution in [0.2, 0.25) is 0 Å². The number of benzene rings is 2. The fraction of sp³-hybridized carbons (Fsp3) is 0.548. The normalized spacial score (nSPS) is 26.3. The van der Waals surface area contributed by atoms with Gasteiger partial charge in [-0.25, -0.2) is 13.2 Å². The summed E-state index contributed by atoms with van der Waals surface area (Å²) in [6.45, 7) is 0.983. The lowest BCUT2D eigenvalue weighted by atomic mass is 9.84. The van der Waals surface area contributed by atoms with Gasteiger partial charge in [0.25, 0.3) is 0 Å². The van der Waals surface area contributed by atoms with Crippen LogP contribution in [0.3, 0.4) is 0 Å². The van der Waals surface area contributed by atoms with E-state index in [1.807, 2.05) is 35.2 Å². The van der Waals surface area contributed by atoms with Gasteiger partial charge in [0.2, 0.25) is 15.9 Å². The number of piperidine rings is 1. The number of sulfonamides is 1. The van der Waals surface area contributed by atoms with E-state index < -0.39 is 33.6 Å². The lowest BCUT2D eigenvalue weighted by Crippen LogP contribution is -2.60. The zero-order valence-corrected chi connectivity index (χ0v) is 24.7. The summed E-state index contributed by atoms with van der Waals surface area (Å²) in [4.78, 5) is 28.5. The Bertz CT molecular complexity index is 1400.